The fraction of sp³-hybridized carbons (Fsp3) is 0.423. The number of aromatic nitrogens is 3. The van der Waals surface area contributed by atoms with Crippen molar-refractivity contribution in [1.82, 2.24) is 25.2 Å². The quantitative estimate of drug-likeness (QED) is 0.473. The minimum absolute atomic E-state index is 0.0172. The molecule has 1 aromatic carbocycles. The zero-order valence-electron chi connectivity index (χ0n) is 20.5. The van der Waals surface area contributed by atoms with Crippen LogP contribution < -0.4 is 20.4 Å². The summed E-state index contributed by atoms with van der Waals surface area (Å²) in [6.07, 6.45) is 4.23. The van der Waals surface area contributed by atoms with Gasteiger partial charge < -0.3 is 30.3 Å². The molecule has 0 bridgehead atoms. The van der Waals surface area contributed by atoms with Gasteiger partial charge in [-0.3, -0.25) is 4.79 Å². The Hall–Kier alpha value is -3.59. The van der Waals surface area contributed by atoms with Crippen molar-refractivity contribution in [2.45, 2.75) is 19.4 Å². The molecule has 2 saturated heterocycles. The number of piperidine rings is 1. The van der Waals surface area contributed by atoms with Crippen LogP contribution in [0, 0.1) is 5.92 Å². The van der Waals surface area contributed by atoms with Crippen LogP contribution >= 0.6 is 0 Å². The van der Waals surface area contributed by atoms with Gasteiger partial charge in [0.15, 0.2) is 0 Å². The van der Waals surface area contributed by atoms with Crippen molar-refractivity contribution in [2.24, 2.45) is 5.92 Å². The van der Waals surface area contributed by atoms with E-state index in [1.807, 2.05) is 17.2 Å². The monoisotopic (exact) mass is 474 g/mol. The third kappa shape index (κ3) is 4.81. The molecule has 1 amide bonds. The second-order valence-electron chi connectivity index (χ2n) is 9.45. The van der Waals surface area contributed by atoms with Gasteiger partial charge in [-0.2, -0.15) is 9.97 Å². The number of carbonyl (C=O) groups excluding carboxylic acids is 1. The first-order chi connectivity index (χ1) is 17.0. The Morgan fingerprint density at radius 3 is 2.69 bits per heavy atom. The maximum Gasteiger partial charge on any atom is 0.246 e. The molecule has 0 spiro atoms. The summed E-state index contributed by atoms with van der Waals surface area (Å²) >= 11 is 0. The topological polar surface area (TPSA) is 92.4 Å². The molecule has 3 N–H and O–H groups in total. The van der Waals surface area contributed by atoms with E-state index in [1.165, 1.54) is 11.8 Å². The van der Waals surface area contributed by atoms with Gasteiger partial charge in [-0.15, -0.1) is 0 Å². The first-order valence-corrected chi connectivity index (χ1v) is 12.4. The Morgan fingerprint density at radius 1 is 1.17 bits per heavy atom. The number of likely N-dealkylation sites (N-methyl/N-ethyl adjacent to an activating group) is 1. The summed E-state index contributed by atoms with van der Waals surface area (Å²) in [7, 11) is 2.06. The first kappa shape index (κ1) is 23.2. The fourth-order valence-electron chi connectivity index (χ4n) is 5.10. The Bertz CT molecular complexity index is 1180. The highest BCUT2D eigenvalue weighted by molar-refractivity contribution is 5.89. The number of rotatable bonds is 6. The van der Waals surface area contributed by atoms with Gasteiger partial charge in [0.05, 0.1) is 11.4 Å². The van der Waals surface area contributed by atoms with Crippen molar-refractivity contribution >= 4 is 40.1 Å². The highest BCUT2D eigenvalue weighted by Gasteiger charge is 2.32. The molecule has 2 fully saturated rings. The summed E-state index contributed by atoms with van der Waals surface area (Å²) in [5.74, 6) is 1.79. The highest BCUT2D eigenvalue weighted by Crippen LogP contribution is 2.31. The summed E-state index contributed by atoms with van der Waals surface area (Å²) in [6.45, 7) is 11.4. The average Bonchev–Trinajstić information content (AvgIpc) is 3.37. The molecule has 9 nitrogen and oxygen atoms in total. The van der Waals surface area contributed by atoms with Crippen LogP contribution in [0.3, 0.4) is 0 Å². The van der Waals surface area contributed by atoms with Gasteiger partial charge in [-0.1, -0.05) is 13.5 Å². The number of aromatic amines is 1. The Balaban J connectivity index is 1.38. The number of hydrogen-bond donors (Lipinski definition) is 3. The summed E-state index contributed by atoms with van der Waals surface area (Å²) in [5.41, 5.74) is 2.95. The van der Waals surface area contributed by atoms with E-state index in [0.717, 1.165) is 61.7 Å². The SMILES string of the molecule is C=CC(=O)N1CC[C@@H](C)C(N(C)c2nc(Nc3ccc(N4CCNCC4)cc3)nc3[nH]ccc23)C1. The molecule has 0 radical (unpaired) electrons. The lowest BCUT2D eigenvalue weighted by molar-refractivity contribution is -0.127. The van der Waals surface area contributed by atoms with E-state index in [0.29, 0.717) is 18.4 Å². The van der Waals surface area contributed by atoms with Crippen molar-refractivity contribution in [3.8, 4) is 0 Å². The van der Waals surface area contributed by atoms with E-state index >= 15 is 0 Å². The standard InChI is InChI=1S/C26H34N8O/c1-4-23(35)34-14-10-18(2)22(17-34)32(3)25-21-9-11-28-24(21)30-26(31-25)29-19-5-7-20(8-6-19)33-15-12-27-13-16-33/h4-9,11,18,22,27H,1,10,12-17H2,2-3H3,(H2,28,29,30,31)/t18-,22?/m1/s1. The van der Waals surface area contributed by atoms with Gasteiger partial charge in [0, 0.05) is 63.9 Å². The lowest BCUT2D eigenvalue weighted by atomic mass is 9.92. The molecular weight excluding hydrogens is 440 g/mol. The van der Waals surface area contributed by atoms with E-state index in [-0.39, 0.29) is 11.9 Å². The normalized spacial score (nSPS) is 20.6. The third-order valence-electron chi connectivity index (χ3n) is 7.24. The minimum atomic E-state index is -0.0172. The molecule has 1 unspecified atom stereocenters. The zero-order chi connectivity index (χ0) is 24.4. The number of nitrogens with one attached hydrogen (secondary N) is 3. The Kier molecular flexibility index (Phi) is 6.59. The number of benzene rings is 1. The number of anilines is 4. The van der Waals surface area contributed by atoms with E-state index in [4.69, 9.17) is 9.97 Å². The van der Waals surface area contributed by atoms with Gasteiger partial charge in [0.1, 0.15) is 11.5 Å². The molecule has 2 atom stereocenters. The summed E-state index contributed by atoms with van der Waals surface area (Å²) < 4.78 is 0. The fourth-order valence-corrected chi connectivity index (χ4v) is 5.10. The molecule has 0 saturated carbocycles. The summed E-state index contributed by atoms with van der Waals surface area (Å²) in [5, 5.41) is 7.74. The number of carbonyl (C=O) groups is 1. The lowest BCUT2D eigenvalue weighted by Gasteiger charge is -2.42. The molecule has 2 aromatic heterocycles. The Morgan fingerprint density at radius 2 is 1.94 bits per heavy atom. The molecule has 5 rings (SSSR count). The number of likely N-dealkylation sites (tertiary alicyclic amines) is 1. The number of fused-ring (bicyclic) bond motifs is 1. The lowest BCUT2D eigenvalue weighted by Crippen LogP contribution is -2.52. The maximum absolute atomic E-state index is 12.3. The van der Waals surface area contributed by atoms with Gasteiger partial charge in [-0.25, -0.2) is 0 Å². The van der Waals surface area contributed by atoms with Gasteiger partial charge in [0.2, 0.25) is 11.9 Å². The molecule has 2 aliphatic heterocycles. The van der Waals surface area contributed by atoms with Crippen LogP contribution in [0.1, 0.15) is 13.3 Å². The molecular formula is C26H34N8O. The maximum atomic E-state index is 12.3. The minimum Gasteiger partial charge on any atom is -0.369 e. The van der Waals surface area contributed by atoms with Crippen LogP contribution in [0.4, 0.5) is 23.1 Å². The van der Waals surface area contributed by atoms with Gasteiger partial charge >= 0.3 is 0 Å². The zero-order valence-corrected chi connectivity index (χ0v) is 20.5. The summed E-state index contributed by atoms with van der Waals surface area (Å²) in [4.78, 5) is 31.6. The highest BCUT2D eigenvalue weighted by atomic mass is 16.2. The third-order valence-corrected chi connectivity index (χ3v) is 7.24. The van der Waals surface area contributed by atoms with E-state index in [1.54, 1.807) is 0 Å². The van der Waals surface area contributed by atoms with Crippen molar-refractivity contribution in [3.63, 3.8) is 0 Å². The smallest absolute Gasteiger partial charge is 0.246 e. The van der Waals surface area contributed by atoms with Crippen LogP contribution in [-0.4, -0.2) is 78.1 Å². The molecule has 4 heterocycles. The van der Waals surface area contributed by atoms with Crippen molar-refractivity contribution in [3.05, 3.63) is 49.2 Å². The molecule has 3 aromatic rings. The largest absolute Gasteiger partial charge is 0.369 e. The predicted octanol–water partition coefficient (Wildman–Crippen LogP) is 2.97. The first-order valence-electron chi connectivity index (χ1n) is 12.4. The van der Waals surface area contributed by atoms with Crippen LogP contribution in [0.25, 0.3) is 11.0 Å². The van der Waals surface area contributed by atoms with Crippen molar-refractivity contribution < 1.29 is 4.79 Å². The molecule has 2 aliphatic rings. The average molecular weight is 475 g/mol. The number of hydrogen-bond acceptors (Lipinski definition) is 7. The van der Waals surface area contributed by atoms with Crippen molar-refractivity contribution in [2.75, 3.05) is 61.4 Å². The second-order valence-corrected chi connectivity index (χ2v) is 9.45. The van der Waals surface area contributed by atoms with Gasteiger partial charge in [-0.05, 0) is 48.7 Å². The van der Waals surface area contributed by atoms with Crippen LogP contribution in [0.5, 0.6) is 0 Å². The predicted molar refractivity (Wildman–Crippen MR) is 141 cm³/mol. The molecule has 184 valence electrons. The van der Waals surface area contributed by atoms with Gasteiger partial charge in [0.25, 0.3) is 0 Å². The number of H-pyrrole nitrogens is 1. The Labute approximate surface area is 206 Å². The molecule has 35 heavy (non-hydrogen) atoms. The van der Waals surface area contributed by atoms with Crippen molar-refractivity contribution in [1.29, 1.82) is 0 Å². The number of nitrogens with zero attached hydrogens (tertiary/aromatic N) is 5. The number of amides is 1. The van der Waals surface area contributed by atoms with Crippen LogP contribution in [0.2, 0.25) is 0 Å². The summed E-state index contributed by atoms with van der Waals surface area (Å²) in [6, 6.07) is 10.6. The van der Waals surface area contributed by atoms with E-state index < -0.39 is 0 Å². The van der Waals surface area contributed by atoms with E-state index in [2.05, 4.69) is 70.2 Å². The van der Waals surface area contributed by atoms with Crippen LogP contribution in [0.15, 0.2) is 49.2 Å². The molecule has 9 heteroatoms. The van der Waals surface area contributed by atoms with Crippen LogP contribution in [-0.2, 0) is 4.79 Å². The molecule has 0 aliphatic carbocycles. The van der Waals surface area contributed by atoms with E-state index in [9.17, 15) is 4.79 Å². The second kappa shape index (κ2) is 9.95. The number of piperazine rings is 1.